The van der Waals surface area contributed by atoms with E-state index < -0.39 is 0 Å². The Balaban J connectivity index is 1.60. The number of rotatable bonds is 11. The first-order valence-corrected chi connectivity index (χ1v) is 11.0. The number of fused-ring (bicyclic) bond motifs is 1. The summed E-state index contributed by atoms with van der Waals surface area (Å²) < 4.78 is 17.8. The van der Waals surface area contributed by atoms with Crippen molar-refractivity contribution in [3.8, 4) is 12.0 Å². The Labute approximate surface area is 183 Å². The van der Waals surface area contributed by atoms with Crippen LogP contribution < -0.4 is 15.2 Å². The number of nitrogens with two attached hydrogens (primary N) is 1. The number of anilines is 1. The maximum Gasteiger partial charge on any atom is 0.320 e. The van der Waals surface area contributed by atoms with Gasteiger partial charge in [-0.05, 0) is 51.2 Å². The Bertz CT molecular complexity index is 863. The van der Waals surface area contributed by atoms with E-state index in [9.17, 15) is 4.79 Å². The molecule has 2 aromatic rings. The number of imidazole rings is 1. The predicted octanol–water partition coefficient (Wildman–Crippen LogP) is 2.26. The van der Waals surface area contributed by atoms with Crippen LogP contribution in [0.4, 0.5) is 5.82 Å². The number of hydrogen-bond donors (Lipinski definition) is 1. The smallest absolute Gasteiger partial charge is 0.320 e. The van der Waals surface area contributed by atoms with Gasteiger partial charge in [-0.3, -0.25) is 9.36 Å². The Morgan fingerprint density at radius 1 is 1.13 bits per heavy atom. The molecule has 0 atom stereocenters. The van der Waals surface area contributed by atoms with Crippen LogP contribution in [0.3, 0.4) is 0 Å². The van der Waals surface area contributed by atoms with Gasteiger partial charge in [0.2, 0.25) is 0 Å². The molecule has 1 aliphatic heterocycles. The van der Waals surface area contributed by atoms with Crippen molar-refractivity contribution in [2.75, 3.05) is 46.2 Å². The van der Waals surface area contributed by atoms with Gasteiger partial charge in [0, 0.05) is 13.0 Å². The lowest BCUT2D eigenvalue weighted by atomic mass is 9.93. The van der Waals surface area contributed by atoms with Crippen molar-refractivity contribution in [3.63, 3.8) is 0 Å². The number of carbonyl (C=O) groups excluding carboxylic acids is 1. The average Bonchev–Trinajstić information content (AvgIpc) is 3.13. The van der Waals surface area contributed by atoms with E-state index in [-0.39, 0.29) is 12.0 Å². The number of unbranched alkanes of at least 4 members (excludes halogenated alkanes) is 1. The van der Waals surface area contributed by atoms with Crippen molar-refractivity contribution < 1.29 is 19.0 Å². The fourth-order valence-electron chi connectivity index (χ4n) is 3.90. The van der Waals surface area contributed by atoms with E-state index in [4.69, 9.17) is 19.9 Å². The maximum atomic E-state index is 11.5. The molecule has 0 saturated carbocycles. The third-order valence-electron chi connectivity index (χ3n) is 5.72. The summed E-state index contributed by atoms with van der Waals surface area (Å²) in [6.07, 6.45) is 5.44. The Morgan fingerprint density at radius 3 is 2.58 bits per heavy atom. The molecule has 0 aliphatic carbocycles. The first-order valence-electron chi connectivity index (χ1n) is 11.0. The number of aryl methyl sites for hydroxylation is 1. The van der Waals surface area contributed by atoms with Crippen LogP contribution in [0.15, 0.2) is 0 Å². The molecule has 1 saturated heterocycles. The third-order valence-corrected chi connectivity index (χ3v) is 5.72. The standard InChI is InChI=1S/C21H34N6O4/c1-4-5-13-31-20-24-18(22)17-19(25-20)27(21(23-17)30-3)10-6-9-26-11-7-15(8-12-26)14-16(28)29-2/h15H,4-14H2,1-3H3,(H2,22,24,25). The number of likely N-dealkylation sites (tertiary alicyclic amines) is 1. The molecule has 0 spiro atoms. The van der Waals surface area contributed by atoms with Crippen molar-refractivity contribution in [2.24, 2.45) is 5.92 Å². The lowest BCUT2D eigenvalue weighted by molar-refractivity contribution is -0.142. The summed E-state index contributed by atoms with van der Waals surface area (Å²) in [5.74, 6) is 0.602. The molecule has 172 valence electrons. The number of piperidine rings is 1. The van der Waals surface area contributed by atoms with E-state index in [1.165, 1.54) is 7.11 Å². The molecule has 1 fully saturated rings. The van der Waals surface area contributed by atoms with Gasteiger partial charge >= 0.3 is 12.0 Å². The zero-order valence-corrected chi connectivity index (χ0v) is 18.8. The third kappa shape index (κ3) is 5.96. The van der Waals surface area contributed by atoms with Gasteiger partial charge in [-0.25, -0.2) is 0 Å². The van der Waals surface area contributed by atoms with E-state index in [1.54, 1.807) is 7.11 Å². The molecular formula is C21H34N6O4. The number of aromatic nitrogens is 4. The summed E-state index contributed by atoms with van der Waals surface area (Å²) >= 11 is 0. The van der Waals surface area contributed by atoms with Crippen LogP contribution >= 0.6 is 0 Å². The summed E-state index contributed by atoms with van der Waals surface area (Å²) in [7, 11) is 3.04. The summed E-state index contributed by atoms with van der Waals surface area (Å²) in [6, 6.07) is 0.744. The van der Waals surface area contributed by atoms with Crippen LogP contribution in [0.5, 0.6) is 12.0 Å². The number of carbonyl (C=O) groups is 1. The van der Waals surface area contributed by atoms with Crippen LogP contribution in [-0.2, 0) is 16.1 Å². The maximum absolute atomic E-state index is 11.5. The lowest BCUT2D eigenvalue weighted by Gasteiger charge is -2.31. The number of ether oxygens (including phenoxy) is 3. The molecule has 3 heterocycles. The summed E-state index contributed by atoms with van der Waals surface area (Å²) in [4.78, 5) is 27.1. The summed E-state index contributed by atoms with van der Waals surface area (Å²) in [5, 5.41) is 0. The van der Waals surface area contributed by atoms with Crippen LogP contribution in [0.2, 0.25) is 0 Å². The molecule has 0 radical (unpaired) electrons. The minimum atomic E-state index is -0.114. The van der Waals surface area contributed by atoms with Crippen LogP contribution in [0, 0.1) is 5.92 Å². The monoisotopic (exact) mass is 434 g/mol. The van der Waals surface area contributed by atoms with Gasteiger partial charge in [0.1, 0.15) is 0 Å². The second kappa shape index (κ2) is 11.1. The molecule has 2 N–H and O–H groups in total. The van der Waals surface area contributed by atoms with E-state index in [0.717, 1.165) is 51.7 Å². The molecule has 0 unspecified atom stereocenters. The van der Waals surface area contributed by atoms with Crippen LogP contribution in [0.1, 0.15) is 45.4 Å². The quantitative estimate of drug-likeness (QED) is 0.420. The summed E-state index contributed by atoms with van der Waals surface area (Å²) in [6.45, 7) is 6.30. The highest BCUT2D eigenvalue weighted by Crippen LogP contribution is 2.26. The first-order chi connectivity index (χ1) is 15.0. The normalized spacial score (nSPS) is 15.3. The fourth-order valence-corrected chi connectivity index (χ4v) is 3.90. The number of hydrogen-bond acceptors (Lipinski definition) is 9. The minimum absolute atomic E-state index is 0.114. The van der Waals surface area contributed by atoms with Crippen LogP contribution in [0.25, 0.3) is 11.2 Å². The van der Waals surface area contributed by atoms with Gasteiger partial charge < -0.3 is 24.8 Å². The van der Waals surface area contributed by atoms with Gasteiger partial charge in [0.25, 0.3) is 6.01 Å². The van der Waals surface area contributed by atoms with Crippen molar-refractivity contribution in [1.29, 1.82) is 0 Å². The molecule has 0 bridgehead atoms. The predicted molar refractivity (Wildman–Crippen MR) is 117 cm³/mol. The second-order valence-corrected chi connectivity index (χ2v) is 7.93. The summed E-state index contributed by atoms with van der Waals surface area (Å²) in [5.41, 5.74) is 7.26. The molecule has 0 amide bonds. The Morgan fingerprint density at radius 2 is 1.90 bits per heavy atom. The van der Waals surface area contributed by atoms with Gasteiger partial charge in [0.05, 0.1) is 20.8 Å². The highest BCUT2D eigenvalue weighted by atomic mass is 16.5. The molecular weight excluding hydrogens is 400 g/mol. The van der Waals surface area contributed by atoms with Gasteiger partial charge in [-0.1, -0.05) is 13.3 Å². The molecule has 3 rings (SSSR count). The van der Waals surface area contributed by atoms with E-state index in [2.05, 4.69) is 26.8 Å². The second-order valence-electron chi connectivity index (χ2n) is 7.93. The highest BCUT2D eigenvalue weighted by Gasteiger charge is 2.22. The molecule has 10 nitrogen and oxygen atoms in total. The zero-order valence-electron chi connectivity index (χ0n) is 18.8. The molecule has 10 heteroatoms. The molecule has 1 aliphatic rings. The number of esters is 1. The molecule has 31 heavy (non-hydrogen) atoms. The van der Waals surface area contributed by atoms with Gasteiger partial charge in [-0.15, -0.1) is 0 Å². The van der Waals surface area contributed by atoms with E-state index in [1.807, 2.05) is 4.57 Å². The van der Waals surface area contributed by atoms with Crippen molar-refractivity contribution in [3.05, 3.63) is 0 Å². The average molecular weight is 435 g/mol. The van der Waals surface area contributed by atoms with Crippen molar-refractivity contribution >= 4 is 23.0 Å². The van der Waals surface area contributed by atoms with E-state index in [0.29, 0.717) is 48.5 Å². The van der Waals surface area contributed by atoms with E-state index >= 15 is 0 Å². The first kappa shape index (κ1) is 23.1. The Hall–Kier alpha value is -2.62. The molecule has 0 aromatic carbocycles. The van der Waals surface area contributed by atoms with Gasteiger partial charge in [-0.2, -0.15) is 15.0 Å². The number of methoxy groups -OCH3 is 2. The van der Waals surface area contributed by atoms with Crippen LogP contribution in [-0.4, -0.2) is 70.8 Å². The number of nitrogen functional groups attached to an aromatic ring is 1. The number of nitrogens with zero attached hydrogens (tertiary/aromatic N) is 5. The van der Waals surface area contributed by atoms with Crippen molar-refractivity contribution in [1.82, 2.24) is 24.4 Å². The van der Waals surface area contributed by atoms with Gasteiger partial charge in [0.15, 0.2) is 17.0 Å². The van der Waals surface area contributed by atoms with Crippen molar-refractivity contribution in [2.45, 2.75) is 52.0 Å². The highest BCUT2D eigenvalue weighted by molar-refractivity contribution is 5.83. The topological polar surface area (TPSA) is 118 Å². The zero-order chi connectivity index (χ0) is 22.2. The minimum Gasteiger partial charge on any atom is -0.469 e. The lowest BCUT2D eigenvalue weighted by Crippen LogP contribution is -2.35. The fraction of sp³-hybridized carbons (Fsp3) is 0.714. The largest absolute Gasteiger partial charge is 0.469 e. The molecule has 2 aromatic heterocycles. The Kier molecular flexibility index (Phi) is 8.27. The SMILES string of the molecule is CCCCOc1nc(N)c2nc(OC)n(CCCN3CCC(CC(=O)OC)CC3)c2n1.